The molecular formula is C40H57N5O7. The molecule has 12 nitrogen and oxygen atoms in total. The van der Waals surface area contributed by atoms with Gasteiger partial charge in [0.05, 0.1) is 6.04 Å². The number of alkyl carbamates (subject to hydrolysis) is 1. The molecule has 52 heavy (non-hydrogen) atoms. The molecule has 12 heteroatoms. The van der Waals surface area contributed by atoms with Gasteiger partial charge >= 0.3 is 12.2 Å². The fraction of sp³-hybridized carbons (Fsp3) is 0.575. The molecule has 2 aromatic rings. The van der Waals surface area contributed by atoms with Crippen molar-refractivity contribution < 1.29 is 33.4 Å². The third-order valence-corrected chi connectivity index (χ3v) is 9.54. The van der Waals surface area contributed by atoms with Gasteiger partial charge in [0, 0.05) is 19.6 Å². The Morgan fingerprint density at radius 1 is 0.846 bits per heavy atom. The van der Waals surface area contributed by atoms with Gasteiger partial charge in [0.25, 0.3) is 0 Å². The van der Waals surface area contributed by atoms with Crippen molar-refractivity contribution in [2.75, 3.05) is 13.6 Å². The van der Waals surface area contributed by atoms with Crippen molar-refractivity contribution in [2.45, 2.75) is 128 Å². The standard InChI is InChI=1S/C40H57N5O7/c1-9-30(44(8)38(50)52-40(5,6)7)34(46)43-33-28(24-25-41-37(49)51-39(2,3)4)20-21-29-22-23-31(45(29)36(33)48)35(47)42-32(26-16-12-10-13-17-26)27-18-14-11-15-19-27/h10-19,28-33H,9,20-25H2,1-8H3,(H,41,49)(H,42,47)(H,43,46)/t28-,29+,30+,31+,33+/m1/s1. The number of benzene rings is 2. The number of likely N-dealkylation sites (N-methyl/N-ethyl adjacent to an activating group) is 1. The molecule has 2 heterocycles. The Morgan fingerprint density at radius 3 is 1.94 bits per heavy atom. The van der Waals surface area contributed by atoms with Crippen LogP contribution in [0.5, 0.6) is 0 Å². The van der Waals surface area contributed by atoms with Crippen molar-refractivity contribution in [2.24, 2.45) is 5.92 Å². The first kappa shape index (κ1) is 40.2. The van der Waals surface area contributed by atoms with E-state index in [1.807, 2.05) is 60.7 Å². The second-order valence-corrected chi connectivity index (χ2v) is 15.8. The predicted molar refractivity (Wildman–Crippen MR) is 198 cm³/mol. The summed E-state index contributed by atoms with van der Waals surface area (Å²) in [5.74, 6) is -1.46. The normalized spacial score (nSPS) is 21.0. The number of nitrogens with one attached hydrogen (secondary N) is 3. The molecule has 4 rings (SSSR count). The fourth-order valence-electron chi connectivity index (χ4n) is 7.09. The third kappa shape index (κ3) is 10.7. The minimum atomic E-state index is -0.994. The van der Waals surface area contributed by atoms with Gasteiger partial charge in [-0.15, -0.1) is 0 Å². The minimum absolute atomic E-state index is 0.190. The summed E-state index contributed by atoms with van der Waals surface area (Å²) in [5, 5.41) is 9.01. The summed E-state index contributed by atoms with van der Waals surface area (Å²) in [4.78, 5) is 71.2. The molecule has 2 saturated heterocycles. The second-order valence-electron chi connectivity index (χ2n) is 15.8. The molecule has 0 aromatic heterocycles. The Bertz CT molecular complexity index is 1500. The maximum Gasteiger partial charge on any atom is 0.410 e. The van der Waals surface area contributed by atoms with Crippen molar-refractivity contribution in [3.63, 3.8) is 0 Å². The van der Waals surface area contributed by atoms with Crippen LogP contribution in [0.2, 0.25) is 0 Å². The van der Waals surface area contributed by atoms with E-state index in [0.29, 0.717) is 32.1 Å². The van der Waals surface area contributed by atoms with Gasteiger partial charge in [-0.2, -0.15) is 0 Å². The average Bonchev–Trinajstić information content (AvgIpc) is 3.46. The first-order valence-electron chi connectivity index (χ1n) is 18.4. The molecule has 0 spiro atoms. The highest BCUT2D eigenvalue weighted by atomic mass is 16.6. The highest BCUT2D eigenvalue weighted by Gasteiger charge is 2.48. The van der Waals surface area contributed by atoms with Gasteiger partial charge in [0.2, 0.25) is 17.7 Å². The van der Waals surface area contributed by atoms with E-state index in [1.54, 1.807) is 53.4 Å². The van der Waals surface area contributed by atoms with E-state index in [9.17, 15) is 24.0 Å². The first-order valence-corrected chi connectivity index (χ1v) is 18.4. The molecule has 0 bridgehead atoms. The van der Waals surface area contributed by atoms with Crippen molar-refractivity contribution in [1.29, 1.82) is 0 Å². The number of ether oxygens (including phenoxy) is 2. The molecular weight excluding hydrogens is 662 g/mol. The lowest BCUT2D eigenvalue weighted by Crippen LogP contribution is -2.59. The molecule has 0 aliphatic carbocycles. The van der Waals surface area contributed by atoms with Crippen LogP contribution >= 0.6 is 0 Å². The molecule has 5 atom stereocenters. The topological polar surface area (TPSA) is 146 Å². The van der Waals surface area contributed by atoms with Gasteiger partial charge in [-0.05, 0) is 97.1 Å². The Labute approximate surface area is 308 Å². The fourth-order valence-corrected chi connectivity index (χ4v) is 7.09. The number of carbonyl (C=O) groups excluding carboxylic acids is 5. The Morgan fingerprint density at radius 2 is 1.40 bits per heavy atom. The van der Waals surface area contributed by atoms with E-state index in [1.165, 1.54) is 11.9 Å². The summed E-state index contributed by atoms with van der Waals surface area (Å²) in [7, 11) is 1.51. The van der Waals surface area contributed by atoms with Gasteiger partial charge in [0.1, 0.15) is 29.3 Å². The Kier molecular flexibility index (Phi) is 13.3. The second kappa shape index (κ2) is 17.3. The van der Waals surface area contributed by atoms with Crippen LogP contribution in [0.4, 0.5) is 9.59 Å². The van der Waals surface area contributed by atoms with Crippen molar-refractivity contribution in [3.05, 3.63) is 71.8 Å². The summed E-state index contributed by atoms with van der Waals surface area (Å²) >= 11 is 0. The molecule has 0 unspecified atom stereocenters. The number of rotatable bonds is 11. The van der Waals surface area contributed by atoms with Crippen LogP contribution in [0.15, 0.2) is 60.7 Å². The number of carbonyl (C=O) groups is 5. The summed E-state index contributed by atoms with van der Waals surface area (Å²) in [6, 6.07) is 16.2. The average molecular weight is 720 g/mol. The van der Waals surface area contributed by atoms with Crippen LogP contribution in [-0.4, -0.2) is 88.7 Å². The van der Waals surface area contributed by atoms with E-state index < -0.39 is 53.5 Å². The SMILES string of the molecule is CC[C@@H](C(=O)N[C@@H]1C(=O)N2[C@@H](CC[C@@H]1CCNC(=O)OC(C)(C)C)CC[C@H]2C(=O)NC(c1ccccc1)c1ccccc1)N(C)C(=O)OC(C)(C)C. The van der Waals surface area contributed by atoms with E-state index in [2.05, 4.69) is 16.0 Å². The van der Waals surface area contributed by atoms with Crippen LogP contribution in [0, 0.1) is 5.92 Å². The number of nitrogens with zero attached hydrogens (tertiary/aromatic N) is 2. The van der Waals surface area contributed by atoms with Gasteiger partial charge in [-0.3, -0.25) is 19.3 Å². The van der Waals surface area contributed by atoms with Crippen LogP contribution in [0.3, 0.4) is 0 Å². The van der Waals surface area contributed by atoms with E-state index >= 15 is 0 Å². The third-order valence-electron chi connectivity index (χ3n) is 9.54. The highest BCUT2D eigenvalue weighted by Crippen LogP contribution is 2.36. The smallest absolute Gasteiger partial charge is 0.410 e. The molecule has 3 N–H and O–H groups in total. The number of amides is 5. The number of hydrogen-bond acceptors (Lipinski definition) is 7. The Hall–Kier alpha value is -4.61. The van der Waals surface area contributed by atoms with Crippen molar-refractivity contribution >= 4 is 29.9 Å². The summed E-state index contributed by atoms with van der Waals surface area (Å²) in [6.45, 7) is 12.6. The number of fused-ring (bicyclic) bond motifs is 1. The lowest BCUT2D eigenvalue weighted by Gasteiger charge is -2.34. The van der Waals surface area contributed by atoms with Crippen molar-refractivity contribution in [1.82, 2.24) is 25.8 Å². The van der Waals surface area contributed by atoms with Crippen LogP contribution in [0.1, 0.15) is 104 Å². The monoisotopic (exact) mass is 719 g/mol. The van der Waals surface area contributed by atoms with Crippen molar-refractivity contribution in [3.8, 4) is 0 Å². The molecule has 284 valence electrons. The predicted octanol–water partition coefficient (Wildman–Crippen LogP) is 5.71. The zero-order valence-corrected chi connectivity index (χ0v) is 31.9. The van der Waals surface area contributed by atoms with E-state index in [-0.39, 0.29) is 36.7 Å². The van der Waals surface area contributed by atoms with E-state index in [4.69, 9.17) is 9.47 Å². The van der Waals surface area contributed by atoms with Gasteiger partial charge in [-0.25, -0.2) is 9.59 Å². The zero-order valence-electron chi connectivity index (χ0n) is 31.9. The zero-order chi connectivity index (χ0) is 38.2. The molecule has 2 fully saturated rings. The summed E-state index contributed by atoms with van der Waals surface area (Å²) in [6.07, 6.45) is 1.80. The largest absolute Gasteiger partial charge is 0.444 e. The molecule has 0 saturated carbocycles. The van der Waals surface area contributed by atoms with Gasteiger partial charge in [-0.1, -0.05) is 67.6 Å². The van der Waals surface area contributed by atoms with Gasteiger partial charge in [0.15, 0.2) is 0 Å². The number of hydrogen-bond donors (Lipinski definition) is 3. The van der Waals surface area contributed by atoms with Crippen LogP contribution < -0.4 is 16.0 Å². The molecule has 0 radical (unpaired) electrons. The molecule has 5 amide bonds. The minimum Gasteiger partial charge on any atom is -0.444 e. The molecule has 2 aliphatic rings. The highest BCUT2D eigenvalue weighted by molar-refractivity contribution is 5.95. The maximum atomic E-state index is 14.7. The quantitative estimate of drug-likeness (QED) is 0.270. The van der Waals surface area contributed by atoms with E-state index in [0.717, 1.165) is 11.1 Å². The molecule has 2 aromatic carbocycles. The lowest BCUT2D eigenvalue weighted by molar-refractivity contribution is -0.144. The van der Waals surface area contributed by atoms with Crippen LogP contribution in [0.25, 0.3) is 0 Å². The summed E-state index contributed by atoms with van der Waals surface area (Å²) < 4.78 is 10.9. The Balaban J connectivity index is 1.59. The van der Waals surface area contributed by atoms with Gasteiger partial charge < -0.3 is 30.3 Å². The van der Waals surface area contributed by atoms with Crippen LogP contribution in [-0.2, 0) is 23.9 Å². The maximum absolute atomic E-state index is 14.7. The lowest BCUT2D eigenvalue weighted by atomic mass is 9.90. The first-order chi connectivity index (χ1) is 24.5. The summed E-state index contributed by atoms with van der Waals surface area (Å²) in [5.41, 5.74) is 0.404. The molecule has 2 aliphatic heterocycles.